The van der Waals surface area contributed by atoms with Gasteiger partial charge in [0.15, 0.2) is 0 Å². The molecule has 110 valence electrons. The van der Waals surface area contributed by atoms with Gasteiger partial charge in [0.1, 0.15) is 12.4 Å². The fraction of sp³-hybridized carbons (Fsp3) is 0.278. The lowest BCUT2D eigenvalue weighted by molar-refractivity contribution is -0.119. The lowest BCUT2D eigenvalue weighted by Crippen LogP contribution is -2.19. The zero-order chi connectivity index (χ0) is 15.2. The number of hydrogen-bond donors (Lipinski definition) is 1. The molecule has 0 saturated heterocycles. The number of hydrogen-bond acceptors (Lipinski definition) is 2. The van der Waals surface area contributed by atoms with Gasteiger partial charge in [-0.25, -0.2) is 0 Å². The van der Waals surface area contributed by atoms with Gasteiger partial charge in [-0.15, -0.1) is 0 Å². The summed E-state index contributed by atoms with van der Waals surface area (Å²) in [5.41, 5.74) is 4.43. The normalized spacial score (nSPS) is 10.2. The van der Waals surface area contributed by atoms with Crippen molar-refractivity contribution in [1.82, 2.24) is 5.32 Å². The molecule has 1 N–H and O–H groups in total. The van der Waals surface area contributed by atoms with Crippen molar-refractivity contribution in [3.63, 3.8) is 0 Å². The van der Waals surface area contributed by atoms with Crippen LogP contribution in [0, 0.1) is 13.8 Å². The lowest BCUT2D eigenvalue weighted by Gasteiger charge is -2.10. The smallest absolute Gasteiger partial charge is 0.224 e. The Kier molecular flexibility index (Phi) is 4.99. The fourth-order valence-electron chi connectivity index (χ4n) is 2.05. The third kappa shape index (κ3) is 4.35. The molecular formula is C18H21NO2. The van der Waals surface area contributed by atoms with Gasteiger partial charge in [-0.2, -0.15) is 0 Å². The van der Waals surface area contributed by atoms with Gasteiger partial charge in [0, 0.05) is 7.05 Å². The Morgan fingerprint density at radius 2 is 1.71 bits per heavy atom. The van der Waals surface area contributed by atoms with Crippen LogP contribution in [0.1, 0.15) is 22.3 Å². The zero-order valence-corrected chi connectivity index (χ0v) is 12.8. The highest BCUT2D eigenvalue weighted by Crippen LogP contribution is 2.20. The molecule has 0 aliphatic rings. The van der Waals surface area contributed by atoms with Crippen LogP contribution < -0.4 is 10.1 Å². The highest BCUT2D eigenvalue weighted by Gasteiger charge is 2.03. The van der Waals surface area contributed by atoms with Crippen molar-refractivity contribution in [1.29, 1.82) is 0 Å². The summed E-state index contributed by atoms with van der Waals surface area (Å²) in [5, 5.41) is 2.62. The summed E-state index contributed by atoms with van der Waals surface area (Å²) in [6, 6.07) is 14.1. The average molecular weight is 283 g/mol. The van der Waals surface area contributed by atoms with Crippen molar-refractivity contribution in [2.75, 3.05) is 7.05 Å². The van der Waals surface area contributed by atoms with Gasteiger partial charge < -0.3 is 10.1 Å². The topological polar surface area (TPSA) is 38.3 Å². The number of likely N-dealkylation sites (N-methyl/N-ethyl adjacent to an activating group) is 1. The van der Waals surface area contributed by atoms with Gasteiger partial charge in [0.2, 0.25) is 5.91 Å². The maximum Gasteiger partial charge on any atom is 0.224 e. The second-order valence-corrected chi connectivity index (χ2v) is 5.22. The first-order valence-electron chi connectivity index (χ1n) is 7.07. The van der Waals surface area contributed by atoms with Crippen LogP contribution >= 0.6 is 0 Å². The van der Waals surface area contributed by atoms with E-state index in [2.05, 4.69) is 30.4 Å². The van der Waals surface area contributed by atoms with Crippen LogP contribution in [0.25, 0.3) is 0 Å². The van der Waals surface area contributed by atoms with Gasteiger partial charge in [0.25, 0.3) is 0 Å². The second-order valence-electron chi connectivity index (χ2n) is 5.22. The lowest BCUT2D eigenvalue weighted by atomic mass is 10.1. The molecule has 0 aliphatic heterocycles. The summed E-state index contributed by atoms with van der Waals surface area (Å²) in [7, 11) is 1.65. The average Bonchev–Trinajstić information content (AvgIpc) is 2.49. The van der Waals surface area contributed by atoms with Crippen molar-refractivity contribution < 1.29 is 9.53 Å². The summed E-state index contributed by atoms with van der Waals surface area (Å²) in [6.07, 6.45) is 0.411. The van der Waals surface area contributed by atoms with Crippen LogP contribution in [0.3, 0.4) is 0 Å². The molecule has 2 aromatic carbocycles. The molecule has 2 aromatic rings. The minimum Gasteiger partial charge on any atom is -0.489 e. The quantitative estimate of drug-likeness (QED) is 0.915. The van der Waals surface area contributed by atoms with Gasteiger partial charge in [-0.1, -0.05) is 36.4 Å². The number of amides is 1. The molecule has 0 aliphatic carbocycles. The number of nitrogens with one attached hydrogen (secondary N) is 1. The van der Waals surface area contributed by atoms with Crippen LogP contribution in [0.15, 0.2) is 42.5 Å². The fourth-order valence-corrected chi connectivity index (χ4v) is 2.05. The van der Waals surface area contributed by atoms with Crippen molar-refractivity contribution in [3.8, 4) is 5.75 Å². The van der Waals surface area contributed by atoms with Crippen LogP contribution in [-0.4, -0.2) is 13.0 Å². The highest BCUT2D eigenvalue weighted by molar-refractivity contribution is 5.78. The van der Waals surface area contributed by atoms with Crippen molar-refractivity contribution in [2.45, 2.75) is 26.9 Å². The molecule has 0 heterocycles. The third-order valence-electron chi connectivity index (χ3n) is 3.40. The van der Waals surface area contributed by atoms with E-state index < -0.39 is 0 Å². The van der Waals surface area contributed by atoms with E-state index in [0.717, 1.165) is 22.4 Å². The number of benzene rings is 2. The molecule has 0 fully saturated rings. The molecule has 0 radical (unpaired) electrons. The molecule has 3 heteroatoms. The highest BCUT2D eigenvalue weighted by atomic mass is 16.5. The van der Waals surface area contributed by atoms with Crippen LogP contribution in [0.5, 0.6) is 5.75 Å². The molecule has 3 nitrogen and oxygen atoms in total. The molecule has 0 aromatic heterocycles. The van der Waals surface area contributed by atoms with Gasteiger partial charge in [0.05, 0.1) is 6.42 Å². The zero-order valence-electron chi connectivity index (χ0n) is 12.8. The first-order chi connectivity index (χ1) is 10.1. The molecule has 0 bridgehead atoms. The Hall–Kier alpha value is -2.29. The number of aryl methyl sites for hydroxylation is 2. The first-order valence-corrected chi connectivity index (χ1v) is 7.07. The summed E-state index contributed by atoms with van der Waals surface area (Å²) in [5.74, 6) is 0.943. The molecule has 0 spiro atoms. The van der Waals surface area contributed by atoms with Crippen LogP contribution in [0.4, 0.5) is 0 Å². The Labute approximate surface area is 126 Å². The van der Waals surface area contributed by atoms with E-state index in [9.17, 15) is 4.79 Å². The van der Waals surface area contributed by atoms with Crippen LogP contribution in [-0.2, 0) is 17.8 Å². The molecule has 1 amide bonds. The molecule has 0 saturated carbocycles. The predicted octanol–water partition coefficient (Wildman–Crippen LogP) is 3.17. The third-order valence-corrected chi connectivity index (χ3v) is 3.40. The Morgan fingerprint density at radius 3 is 2.38 bits per heavy atom. The number of rotatable bonds is 5. The van der Waals surface area contributed by atoms with Crippen molar-refractivity contribution >= 4 is 5.91 Å². The van der Waals surface area contributed by atoms with E-state index >= 15 is 0 Å². The minimum absolute atomic E-state index is 0.0226. The molecule has 0 unspecified atom stereocenters. The Balaban J connectivity index is 1.97. The first kappa shape index (κ1) is 15.1. The largest absolute Gasteiger partial charge is 0.489 e. The Morgan fingerprint density at radius 1 is 1.05 bits per heavy atom. The summed E-state index contributed by atoms with van der Waals surface area (Å²) in [6.45, 7) is 4.63. The standard InChI is InChI=1S/C18H21NO2/c1-13-4-5-14(2)17(10-13)21-12-16-8-6-15(7-9-16)11-18(20)19-3/h4-10H,11-12H2,1-3H3,(H,19,20). The molecule has 0 atom stereocenters. The van der Waals surface area contributed by atoms with E-state index in [1.165, 1.54) is 5.56 Å². The SMILES string of the molecule is CNC(=O)Cc1ccc(COc2cc(C)ccc2C)cc1. The van der Waals surface area contributed by atoms with Gasteiger partial charge >= 0.3 is 0 Å². The number of carbonyl (C=O) groups excluding carboxylic acids is 1. The Bertz CT molecular complexity index is 618. The van der Waals surface area contributed by atoms with Crippen molar-refractivity contribution in [2.24, 2.45) is 0 Å². The second kappa shape index (κ2) is 6.93. The van der Waals surface area contributed by atoms with Gasteiger partial charge in [-0.3, -0.25) is 4.79 Å². The van der Waals surface area contributed by atoms with E-state index in [1.54, 1.807) is 7.05 Å². The van der Waals surface area contributed by atoms with E-state index in [1.807, 2.05) is 31.2 Å². The van der Waals surface area contributed by atoms with E-state index in [4.69, 9.17) is 4.74 Å². The van der Waals surface area contributed by atoms with E-state index in [-0.39, 0.29) is 5.91 Å². The van der Waals surface area contributed by atoms with Crippen molar-refractivity contribution in [3.05, 3.63) is 64.7 Å². The summed E-state index contributed by atoms with van der Waals surface area (Å²) >= 11 is 0. The maximum atomic E-state index is 11.3. The predicted molar refractivity (Wildman–Crippen MR) is 84.5 cm³/mol. The van der Waals surface area contributed by atoms with E-state index in [0.29, 0.717) is 13.0 Å². The van der Waals surface area contributed by atoms with Gasteiger partial charge in [-0.05, 0) is 42.2 Å². The number of ether oxygens (including phenoxy) is 1. The monoisotopic (exact) mass is 283 g/mol. The molecular weight excluding hydrogens is 262 g/mol. The molecule has 2 rings (SSSR count). The van der Waals surface area contributed by atoms with Crippen LogP contribution in [0.2, 0.25) is 0 Å². The number of carbonyl (C=O) groups is 1. The maximum absolute atomic E-state index is 11.3. The summed E-state index contributed by atoms with van der Waals surface area (Å²) in [4.78, 5) is 11.3. The minimum atomic E-state index is 0.0226. The summed E-state index contributed by atoms with van der Waals surface area (Å²) < 4.78 is 5.87. The molecule has 21 heavy (non-hydrogen) atoms.